The van der Waals surface area contributed by atoms with Crippen molar-refractivity contribution >= 4 is 5.91 Å². The Bertz CT molecular complexity index is 308. The molecule has 0 aromatic heterocycles. The van der Waals surface area contributed by atoms with Gasteiger partial charge in [-0.3, -0.25) is 9.69 Å². The molecule has 0 aliphatic carbocycles. The number of rotatable bonds is 4. The monoisotopic (exact) mass is 283 g/mol. The van der Waals surface area contributed by atoms with E-state index < -0.39 is 0 Å². The third-order valence-electron chi connectivity index (χ3n) is 4.12. The molecule has 0 bridgehead atoms. The molecule has 0 radical (unpaired) electrons. The lowest BCUT2D eigenvalue weighted by Gasteiger charge is -2.36. The smallest absolute Gasteiger partial charge is 0.236 e. The predicted octanol–water partition coefficient (Wildman–Crippen LogP) is 0.696. The summed E-state index contributed by atoms with van der Waals surface area (Å²) >= 11 is 0. The molecule has 0 aromatic carbocycles. The highest BCUT2D eigenvalue weighted by molar-refractivity contribution is 5.78. The van der Waals surface area contributed by atoms with Gasteiger partial charge in [0.2, 0.25) is 5.91 Å². The molecule has 3 unspecified atom stereocenters. The molecule has 2 heterocycles. The summed E-state index contributed by atoms with van der Waals surface area (Å²) in [5.74, 6) is 0.227. The Hall–Kier alpha value is -0.650. The van der Waals surface area contributed by atoms with Crippen LogP contribution in [-0.2, 0) is 9.53 Å². The number of likely N-dealkylation sites (N-methyl/N-ethyl adjacent to an activating group) is 1. The summed E-state index contributed by atoms with van der Waals surface area (Å²) in [6.45, 7) is 8.10. The number of amides is 1. The second-order valence-corrected chi connectivity index (χ2v) is 6.40. The van der Waals surface area contributed by atoms with Gasteiger partial charge in [-0.25, -0.2) is 0 Å². The van der Waals surface area contributed by atoms with Gasteiger partial charge in [0.05, 0.1) is 18.8 Å². The average Bonchev–Trinajstić information content (AvgIpc) is 2.38. The number of hydrogen-bond donors (Lipinski definition) is 1. The van der Waals surface area contributed by atoms with E-state index in [0.717, 1.165) is 26.2 Å². The van der Waals surface area contributed by atoms with Crippen LogP contribution in [-0.4, -0.2) is 73.7 Å². The second-order valence-electron chi connectivity index (χ2n) is 6.40. The lowest BCUT2D eigenvalue weighted by Crippen LogP contribution is -2.52. The first-order valence-corrected chi connectivity index (χ1v) is 7.89. The second kappa shape index (κ2) is 7.38. The van der Waals surface area contributed by atoms with Crippen LogP contribution in [0.2, 0.25) is 0 Å². The zero-order valence-electron chi connectivity index (χ0n) is 13.1. The van der Waals surface area contributed by atoms with Gasteiger partial charge in [0.1, 0.15) is 0 Å². The number of morpholine rings is 1. The topological polar surface area (TPSA) is 44.8 Å². The van der Waals surface area contributed by atoms with Crippen LogP contribution in [0, 0.1) is 0 Å². The van der Waals surface area contributed by atoms with Crippen molar-refractivity contribution in [2.75, 3.05) is 39.8 Å². The molecule has 0 aromatic rings. The van der Waals surface area contributed by atoms with Gasteiger partial charge >= 0.3 is 0 Å². The number of ether oxygens (including phenoxy) is 1. The van der Waals surface area contributed by atoms with Crippen molar-refractivity contribution in [3.05, 3.63) is 0 Å². The Balaban J connectivity index is 1.75. The van der Waals surface area contributed by atoms with E-state index in [-0.39, 0.29) is 18.1 Å². The van der Waals surface area contributed by atoms with Crippen molar-refractivity contribution in [2.24, 2.45) is 0 Å². The van der Waals surface area contributed by atoms with Gasteiger partial charge in [-0.05, 0) is 40.3 Å². The largest absolute Gasteiger partial charge is 0.372 e. The Labute approximate surface area is 122 Å². The molecule has 2 aliphatic rings. The van der Waals surface area contributed by atoms with E-state index in [2.05, 4.69) is 10.2 Å². The maximum absolute atomic E-state index is 12.3. The zero-order chi connectivity index (χ0) is 14.5. The number of nitrogens with one attached hydrogen (secondary N) is 1. The van der Waals surface area contributed by atoms with Gasteiger partial charge in [0.15, 0.2) is 0 Å². The first-order chi connectivity index (χ1) is 9.54. The van der Waals surface area contributed by atoms with Crippen molar-refractivity contribution in [1.29, 1.82) is 0 Å². The highest BCUT2D eigenvalue weighted by Crippen LogP contribution is 2.12. The van der Waals surface area contributed by atoms with Crippen LogP contribution in [0.15, 0.2) is 0 Å². The first kappa shape index (κ1) is 15.7. The molecule has 3 atom stereocenters. The van der Waals surface area contributed by atoms with E-state index in [0.29, 0.717) is 12.6 Å². The molecule has 0 saturated carbocycles. The maximum atomic E-state index is 12.3. The van der Waals surface area contributed by atoms with Crippen molar-refractivity contribution < 1.29 is 9.53 Å². The summed E-state index contributed by atoms with van der Waals surface area (Å²) in [4.78, 5) is 16.4. The van der Waals surface area contributed by atoms with Crippen LogP contribution in [0.4, 0.5) is 0 Å². The number of piperidine rings is 1. The predicted molar refractivity (Wildman–Crippen MR) is 79.7 cm³/mol. The van der Waals surface area contributed by atoms with Gasteiger partial charge in [0.25, 0.3) is 0 Å². The van der Waals surface area contributed by atoms with Crippen molar-refractivity contribution in [1.82, 2.24) is 15.1 Å². The Morgan fingerprint density at radius 3 is 2.60 bits per heavy atom. The van der Waals surface area contributed by atoms with Gasteiger partial charge in [0, 0.05) is 25.7 Å². The molecule has 2 fully saturated rings. The van der Waals surface area contributed by atoms with Crippen molar-refractivity contribution in [3.8, 4) is 0 Å². The third-order valence-corrected chi connectivity index (χ3v) is 4.12. The van der Waals surface area contributed by atoms with E-state index in [1.165, 1.54) is 19.3 Å². The van der Waals surface area contributed by atoms with Gasteiger partial charge in [-0.2, -0.15) is 0 Å². The molecule has 5 heteroatoms. The fourth-order valence-corrected chi connectivity index (χ4v) is 3.23. The van der Waals surface area contributed by atoms with E-state index in [4.69, 9.17) is 4.74 Å². The van der Waals surface area contributed by atoms with Gasteiger partial charge in [-0.15, -0.1) is 0 Å². The number of hydrogen-bond acceptors (Lipinski definition) is 4. The third kappa shape index (κ3) is 4.72. The van der Waals surface area contributed by atoms with Crippen LogP contribution in [0.5, 0.6) is 0 Å². The molecule has 116 valence electrons. The van der Waals surface area contributed by atoms with Crippen molar-refractivity contribution in [3.63, 3.8) is 0 Å². The summed E-state index contributed by atoms with van der Waals surface area (Å²) < 4.78 is 5.68. The molecule has 1 N–H and O–H groups in total. The summed E-state index contributed by atoms with van der Waals surface area (Å²) in [5, 5.41) is 3.53. The van der Waals surface area contributed by atoms with Gasteiger partial charge < -0.3 is 15.0 Å². The highest BCUT2D eigenvalue weighted by Gasteiger charge is 2.26. The minimum atomic E-state index is 0.146. The van der Waals surface area contributed by atoms with Gasteiger partial charge in [-0.1, -0.05) is 6.42 Å². The number of nitrogens with zero attached hydrogens (tertiary/aromatic N) is 2. The summed E-state index contributed by atoms with van der Waals surface area (Å²) in [6.07, 6.45) is 4.10. The molecule has 2 aliphatic heterocycles. The minimum Gasteiger partial charge on any atom is -0.372 e. The molecule has 5 nitrogen and oxygen atoms in total. The highest BCUT2D eigenvalue weighted by atomic mass is 16.5. The molecule has 2 rings (SSSR count). The summed E-state index contributed by atoms with van der Waals surface area (Å²) in [6, 6.07) is 0.545. The Kier molecular flexibility index (Phi) is 5.81. The van der Waals surface area contributed by atoms with Crippen molar-refractivity contribution in [2.45, 2.75) is 51.4 Å². The summed E-state index contributed by atoms with van der Waals surface area (Å²) in [5.41, 5.74) is 0. The van der Waals surface area contributed by atoms with E-state index in [9.17, 15) is 4.79 Å². The zero-order valence-corrected chi connectivity index (χ0v) is 13.1. The molecular formula is C15H29N3O2. The average molecular weight is 283 g/mol. The van der Waals surface area contributed by atoms with Crippen LogP contribution in [0.25, 0.3) is 0 Å². The molecule has 1 amide bonds. The fraction of sp³-hybridized carbons (Fsp3) is 0.933. The van der Waals surface area contributed by atoms with E-state index in [1.807, 2.05) is 25.8 Å². The molecule has 2 saturated heterocycles. The lowest BCUT2D eigenvalue weighted by atomic mass is 10.0. The van der Waals surface area contributed by atoms with E-state index in [1.54, 1.807) is 0 Å². The summed E-state index contributed by atoms with van der Waals surface area (Å²) in [7, 11) is 2.04. The number of carbonyl (C=O) groups excluding carboxylic acids is 1. The van der Waals surface area contributed by atoms with Crippen LogP contribution in [0.1, 0.15) is 33.1 Å². The SMILES string of the molecule is CC1CN(C(=O)CN(C)CC2CCCCN2)CC(C)O1. The molecule has 0 spiro atoms. The normalized spacial score (nSPS) is 31.6. The minimum absolute atomic E-state index is 0.146. The maximum Gasteiger partial charge on any atom is 0.236 e. The standard InChI is InChI=1S/C15H29N3O2/c1-12-8-18(9-13(2)20-12)15(19)11-17(3)10-14-6-4-5-7-16-14/h12-14,16H,4-11H2,1-3H3. The lowest BCUT2D eigenvalue weighted by molar-refractivity contribution is -0.144. The van der Waals surface area contributed by atoms with Crippen LogP contribution < -0.4 is 5.32 Å². The Morgan fingerprint density at radius 2 is 2.00 bits per heavy atom. The quantitative estimate of drug-likeness (QED) is 0.825. The number of carbonyl (C=O) groups is 1. The Morgan fingerprint density at radius 1 is 1.30 bits per heavy atom. The van der Waals surface area contributed by atoms with E-state index >= 15 is 0 Å². The first-order valence-electron chi connectivity index (χ1n) is 7.89. The fourth-order valence-electron chi connectivity index (χ4n) is 3.23. The van der Waals surface area contributed by atoms with Crippen LogP contribution in [0.3, 0.4) is 0 Å². The molecule has 20 heavy (non-hydrogen) atoms. The molecular weight excluding hydrogens is 254 g/mol. The van der Waals surface area contributed by atoms with Crippen LogP contribution >= 0.6 is 0 Å².